The van der Waals surface area contributed by atoms with E-state index in [0.29, 0.717) is 6.61 Å². The first-order chi connectivity index (χ1) is 8.79. The van der Waals surface area contributed by atoms with Crippen LogP contribution in [0.5, 0.6) is 5.75 Å². The van der Waals surface area contributed by atoms with Crippen LogP contribution in [0, 0.1) is 0 Å². The van der Waals surface area contributed by atoms with Crippen LogP contribution in [0.1, 0.15) is 5.56 Å². The van der Waals surface area contributed by atoms with Crippen molar-refractivity contribution in [1.82, 2.24) is 0 Å². The average molecular weight is 242 g/mol. The van der Waals surface area contributed by atoms with E-state index in [1.54, 1.807) is 7.11 Å². The van der Waals surface area contributed by atoms with Gasteiger partial charge in [0.2, 0.25) is 0 Å². The van der Waals surface area contributed by atoms with Gasteiger partial charge in [0, 0.05) is 0 Å². The van der Waals surface area contributed by atoms with E-state index < -0.39 is 7.12 Å². The Balaban J connectivity index is 1.91. The molecular formula is C14H15BO3. The van der Waals surface area contributed by atoms with Gasteiger partial charge in [-0.3, -0.25) is 0 Å². The Labute approximate surface area is 107 Å². The first-order valence-electron chi connectivity index (χ1n) is 5.77. The molecule has 0 atom stereocenters. The van der Waals surface area contributed by atoms with Gasteiger partial charge in [-0.1, -0.05) is 42.5 Å². The first kappa shape index (κ1) is 12.7. The van der Waals surface area contributed by atoms with E-state index in [1.807, 2.05) is 54.6 Å². The normalized spacial score (nSPS) is 10.1. The first-order valence-corrected chi connectivity index (χ1v) is 5.77. The maximum absolute atomic E-state index is 9.84. The van der Waals surface area contributed by atoms with Gasteiger partial charge in [0.25, 0.3) is 0 Å². The molecular weight excluding hydrogens is 227 g/mol. The van der Waals surface area contributed by atoms with Crippen molar-refractivity contribution < 1.29 is 14.4 Å². The third kappa shape index (κ3) is 3.36. The lowest BCUT2D eigenvalue weighted by atomic mass is 9.80. The largest absolute Gasteiger partial charge is 0.497 e. The summed E-state index contributed by atoms with van der Waals surface area (Å²) in [5.74, 6) is 0.808. The highest BCUT2D eigenvalue weighted by Crippen LogP contribution is 2.12. The molecule has 0 amide bonds. The summed E-state index contributed by atoms with van der Waals surface area (Å²) in [5, 5.41) is 9.84. The van der Waals surface area contributed by atoms with E-state index >= 15 is 0 Å². The standard InChI is InChI=1S/C14H15BO3/c1-17-14-9-7-12(8-10-14)11-18-15(16)13-5-3-2-4-6-13/h2-10,16H,11H2,1H3. The smallest absolute Gasteiger partial charge is 0.491 e. The van der Waals surface area contributed by atoms with Gasteiger partial charge >= 0.3 is 7.12 Å². The zero-order valence-corrected chi connectivity index (χ0v) is 10.2. The van der Waals surface area contributed by atoms with Gasteiger partial charge in [-0.25, -0.2) is 0 Å². The molecule has 0 radical (unpaired) electrons. The van der Waals surface area contributed by atoms with Crippen molar-refractivity contribution in [3.63, 3.8) is 0 Å². The van der Waals surface area contributed by atoms with Crippen LogP contribution in [0.2, 0.25) is 0 Å². The van der Waals surface area contributed by atoms with Crippen molar-refractivity contribution in [2.45, 2.75) is 6.61 Å². The Morgan fingerprint density at radius 1 is 1.00 bits per heavy atom. The minimum Gasteiger partial charge on any atom is -0.497 e. The van der Waals surface area contributed by atoms with Crippen molar-refractivity contribution >= 4 is 12.6 Å². The van der Waals surface area contributed by atoms with Crippen LogP contribution in [-0.2, 0) is 11.3 Å². The molecule has 0 heterocycles. The molecule has 0 aromatic heterocycles. The molecule has 0 saturated heterocycles. The van der Waals surface area contributed by atoms with E-state index in [4.69, 9.17) is 9.39 Å². The summed E-state index contributed by atoms with van der Waals surface area (Å²) in [5.41, 5.74) is 1.75. The zero-order chi connectivity index (χ0) is 12.8. The lowest BCUT2D eigenvalue weighted by Crippen LogP contribution is -2.33. The Morgan fingerprint density at radius 3 is 2.28 bits per heavy atom. The Bertz CT molecular complexity index is 470. The van der Waals surface area contributed by atoms with Crippen LogP contribution in [-0.4, -0.2) is 19.3 Å². The van der Waals surface area contributed by atoms with Crippen LogP contribution >= 0.6 is 0 Å². The predicted octanol–water partition coefficient (Wildman–Crippen LogP) is 1.60. The minimum atomic E-state index is -0.895. The fraction of sp³-hybridized carbons (Fsp3) is 0.143. The highest BCUT2D eigenvalue weighted by Gasteiger charge is 2.15. The number of hydrogen-bond acceptors (Lipinski definition) is 3. The zero-order valence-electron chi connectivity index (χ0n) is 10.2. The molecule has 0 aliphatic rings. The number of hydrogen-bond donors (Lipinski definition) is 1. The van der Waals surface area contributed by atoms with Crippen molar-refractivity contribution in [1.29, 1.82) is 0 Å². The lowest BCUT2D eigenvalue weighted by Gasteiger charge is -2.08. The Kier molecular flexibility index (Phi) is 4.39. The number of methoxy groups -OCH3 is 1. The number of ether oxygens (including phenoxy) is 1. The van der Waals surface area contributed by atoms with Crippen LogP contribution in [0.15, 0.2) is 54.6 Å². The summed E-state index contributed by atoms with van der Waals surface area (Å²) in [6.45, 7) is 0.361. The maximum atomic E-state index is 9.84. The van der Waals surface area contributed by atoms with Crippen molar-refractivity contribution in [2.24, 2.45) is 0 Å². The monoisotopic (exact) mass is 242 g/mol. The van der Waals surface area contributed by atoms with Crippen LogP contribution in [0.4, 0.5) is 0 Å². The molecule has 0 fully saturated rings. The SMILES string of the molecule is COc1ccc(COB(O)c2ccccc2)cc1. The van der Waals surface area contributed by atoms with Gasteiger partial charge < -0.3 is 14.4 Å². The molecule has 2 rings (SSSR count). The molecule has 3 nitrogen and oxygen atoms in total. The molecule has 92 valence electrons. The summed E-state index contributed by atoms with van der Waals surface area (Å²) in [6.07, 6.45) is 0. The summed E-state index contributed by atoms with van der Waals surface area (Å²) in [4.78, 5) is 0. The molecule has 0 aliphatic carbocycles. The number of benzene rings is 2. The lowest BCUT2D eigenvalue weighted by molar-refractivity contribution is 0.259. The second-order valence-corrected chi connectivity index (χ2v) is 3.92. The summed E-state index contributed by atoms with van der Waals surface area (Å²) < 4.78 is 10.5. The molecule has 0 aliphatic heterocycles. The second-order valence-electron chi connectivity index (χ2n) is 3.92. The Morgan fingerprint density at radius 2 is 1.67 bits per heavy atom. The summed E-state index contributed by atoms with van der Waals surface area (Å²) in [6, 6.07) is 16.9. The fourth-order valence-electron chi connectivity index (χ4n) is 1.61. The van der Waals surface area contributed by atoms with Crippen molar-refractivity contribution in [3.05, 3.63) is 60.2 Å². The van der Waals surface area contributed by atoms with E-state index in [9.17, 15) is 5.02 Å². The van der Waals surface area contributed by atoms with E-state index in [0.717, 1.165) is 16.8 Å². The third-order valence-corrected chi connectivity index (χ3v) is 2.65. The summed E-state index contributed by atoms with van der Waals surface area (Å²) >= 11 is 0. The molecule has 0 spiro atoms. The van der Waals surface area contributed by atoms with Gasteiger partial charge in [-0.15, -0.1) is 0 Å². The predicted molar refractivity (Wildman–Crippen MR) is 71.8 cm³/mol. The van der Waals surface area contributed by atoms with E-state index in [-0.39, 0.29) is 0 Å². The average Bonchev–Trinajstić information content (AvgIpc) is 2.46. The molecule has 0 saturated carbocycles. The minimum absolute atomic E-state index is 0.361. The highest BCUT2D eigenvalue weighted by molar-refractivity contribution is 6.59. The molecule has 18 heavy (non-hydrogen) atoms. The van der Waals surface area contributed by atoms with E-state index in [2.05, 4.69) is 0 Å². The number of rotatable bonds is 5. The van der Waals surface area contributed by atoms with E-state index in [1.165, 1.54) is 0 Å². The van der Waals surface area contributed by atoms with Gasteiger partial charge in [-0.2, -0.15) is 0 Å². The Hall–Kier alpha value is -1.78. The maximum Gasteiger partial charge on any atom is 0.491 e. The van der Waals surface area contributed by atoms with Crippen LogP contribution in [0.25, 0.3) is 0 Å². The van der Waals surface area contributed by atoms with Crippen molar-refractivity contribution in [2.75, 3.05) is 7.11 Å². The quantitative estimate of drug-likeness (QED) is 0.809. The molecule has 1 N–H and O–H groups in total. The van der Waals surface area contributed by atoms with Gasteiger partial charge in [-0.05, 0) is 23.2 Å². The van der Waals surface area contributed by atoms with Gasteiger partial charge in [0.15, 0.2) is 0 Å². The van der Waals surface area contributed by atoms with Crippen molar-refractivity contribution in [3.8, 4) is 5.75 Å². The van der Waals surface area contributed by atoms with Gasteiger partial charge in [0.1, 0.15) is 5.75 Å². The molecule has 0 unspecified atom stereocenters. The van der Waals surface area contributed by atoms with Gasteiger partial charge in [0.05, 0.1) is 13.7 Å². The molecule has 2 aromatic rings. The molecule has 4 heteroatoms. The fourth-order valence-corrected chi connectivity index (χ4v) is 1.61. The third-order valence-electron chi connectivity index (χ3n) is 2.65. The summed E-state index contributed by atoms with van der Waals surface area (Å²) in [7, 11) is 0.735. The highest BCUT2D eigenvalue weighted by atomic mass is 16.5. The second kappa shape index (κ2) is 6.24. The van der Waals surface area contributed by atoms with Crippen LogP contribution in [0.3, 0.4) is 0 Å². The van der Waals surface area contributed by atoms with Crippen LogP contribution < -0.4 is 10.2 Å². The molecule has 0 bridgehead atoms. The molecule has 2 aromatic carbocycles. The topological polar surface area (TPSA) is 38.7 Å².